The van der Waals surface area contributed by atoms with Gasteiger partial charge >= 0.3 is 6.03 Å². The number of amides is 3. The zero-order valence-corrected chi connectivity index (χ0v) is 14.2. The summed E-state index contributed by atoms with van der Waals surface area (Å²) < 4.78 is 12.9. The first-order valence-corrected chi connectivity index (χ1v) is 8.94. The number of benzene rings is 1. The Hall–Kier alpha value is -1.86. The minimum atomic E-state index is -0.501. The van der Waals surface area contributed by atoms with Gasteiger partial charge in [0.2, 0.25) is 5.91 Å². The lowest BCUT2D eigenvalue weighted by atomic mass is 10.2. The molecular formula is C16H17FN2O2S2. The Morgan fingerprint density at radius 3 is 2.65 bits per heavy atom. The van der Waals surface area contributed by atoms with Crippen molar-refractivity contribution < 1.29 is 14.0 Å². The summed E-state index contributed by atoms with van der Waals surface area (Å²) in [6, 6.07) is 9.48. The molecule has 2 rings (SSSR count). The number of carbonyl (C=O) groups is 2. The van der Waals surface area contributed by atoms with Gasteiger partial charge in [-0.15, -0.1) is 23.1 Å². The van der Waals surface area contributed by atoms with E-state index < -0.39 is 6.03 Å². The van der Waals surface area contributed by atoms with E-state index in [0.717, 1.165) is 10.4 Å². The van der Waals surface area contributed by atoms with E-state index in [0.29, 0.717) is 6.54 Å². The molecule has 0 bridgehead atoms. The summed E-state index contributed by atoms with van der Waals surface area (Å²) in [5.41, 5.74) is 0.936. The predicted octanol–water partition coefficient (Wildman–Crippen LogP) is 3.71. The Balaban J connectivity index is 1.69. The second-order valence-corrected chi connectivity index (χ2v) is 7.18. The number of rotatable bonds is 6. The summed E-state index contributed by atoms with van der Waals surface area (Å²) in [6.45, 7) is 2.33. The van der Waals surface area contributed by atoms with Crippen molar-refractivity contribution in [3.8, 4) is 0 Å². The van der Waals surface area contributed by atoms with E-state index in [9.17, 15) is 14.0 Å². The number of hydrogen-bond acceptors (Lipinski definition) is 4. The van der Waals surface area contributed by atoms with Crippen LogP contribution in [0.4, 0.5) is 9.18 Å². The highest BCUT2D eigenvalue weighted by molar-refractivity contribution is 8.00. The van der Waals surface area contributed by atoms with Gasteiger partial charge in [-0.2, -0.15) is 0 Å². The molecule has 7 heteroatoms. The number of nitrogens with one attached hydrogen (secondary N) is 2. The highest BCUT2D eigenvalue weighted by Gasteiger charge is 2.12. The Kier molecular flexibility index (Phi) is 6.61. The Labute approximate surface area is 142 Å². The van der Waals surface area contributed by atoms with Gasteiger partial charge in [0, 0.05) is 10.1 Å². The monoisotopic (exact) mass is 352 g/mol. The van der Waals surface area contributed by atoms with Crippen LogP contribution in [0.1, 0.15) is 22.6 Å². The number of thioether (sulfide) groups is 1. The van der Waals surface area contributed by atoms with Crippen LogP contribution in [0.3, 0.4) is 0 Å². The van der Waals surface area contributed by atoms with Crippen molar-refractivity contribution in [2.75, 3.05) is 5.75 Å². The molecule has 3 amide bonds. The van der Waals surface area contributed by atoms with Crippen LogP contribution in [0.5, 0.6) is 0 Å². The van der Waals surface area contributed by atoms with Crippen molar-refractivity contribution in [2.24, 2.45) is 0 Å². The summed E-state index contributed by atoms with van der Waals surface area (Å²) >= 11 is 2.93. The van der Waals surface area contributed by atoms with E-state index in [1.807, 2.05) is 24.4 Å². The minimum absolute atomic E-state index is 0.0375. The van der Waals surface area contributed by atoms with Gasteiger partial charge in [-0.3, -0.25) is 10.1 Å². The average Bonchev–Trinajstić information content (AvgIpc) is 3.05. The Bertz CT molecular complexity index is 645. The molecular weight excluding hydrogens is 335 g/mol. The quantitative estimate of drug-likeness (QED) is 0.833. The standard InChI is InChI=1S/C16H17FN2O2S2/c1-11(12-4-6-13(17)7-5-12)23-10-15(20)19-16(21)18-9-14-3-2-8-22-14/h2-8,11H,9-10H2,1H3,(H2,18,19,20,21). The van der Waals surface area contributed by atoms with E-state index in [1.54, 1.807) is 12.1 Å². The van der Waals surface area contributed by atoms with E-state index in [4.69, 9.17) is 0 Å². The van der Waals surface area contributed by atoms with E-state index in [2.05, 4.69) is 10.6 Å². The lowest BCUT2D eigenvalue weighted by Gasteiger charge is -2.11. The van der Waals surface area contributed by atoms with Crippen molar-refractivity contribution in [2.45, 2.75) is 18.7 Å². The van der Waals surface area contributed by atoms with Crippen molar-refractivity contribution in [1.82, 2.24) is 10.6 Å². The van der Waals surface area contributed by atoms with Crippen molar-refractivity contribution in [3.63, 3.8) is 0 Å². The van der Waals surface area contributed by atoms with Crippen LogP contribution in [0.2, 0.25) is 0 Å². The molecule has 0 radical (unpaired) electrons. The lowest BCUT2D eigenvalue weighted by Crippen LogP contribution is -2.39. The summed E-state index contributed by atoms with van der Waals surface area (Å²) in [6.07, 6.45) is 0. The van der Waals surface area contributed by atoms with Crippen molar-refractivity contribution >= 4 is 35.0 Å². The molecule has 0 aliphatic rings. The van der Waals surface area contributed by atoms with E-state index in [-0.39, 0.29) is 22.7 Å². The molecule has 23 heavy (non-hydrogen) atoms. The smallest absolute Gasteiger partial charge is 0.321 e. The van der Waals surface area contributed by atoms with Gasteiger partial charge in [0.05, 0.1) is 12.3 Å². The molecule has 1 atom stereocenters. The summed E-state index contributed by atoms with van der Waals surface area (Å²) in [7, 11) is 0. The number of hydrogen-bond donors (Lipinski definition) is 2. The third-order valence-electron chi connectivity index (χ3n) is 3.06. The fourth-order valence-electron chi connectivity index (χ4n) is 1.82. The molecule has 2 aromatic rings. The molecule has 4 nitrogen and oxygen atoms in total. The third kappa shape index (κ3) is 6.03. The van der Waals surface area contributed by atoms with Crippen LogP contribution < -0.4 is 10.6 Å². The van der Waals surface area contributed by atoms with Crippen LogP contribution in [-0.2, 0) is 11.3 Å². The highest BCUT2D eigenvalue weighted by Crippen LogP contribution is 2.27. The van der Waals surface area contributed by atoms with Crippen LogP contribution in [0.15, 0.2) is 41.8 Å². The summed E-state index contributed by atoms with van der Waals surface area (Å²) in [4.78, 5) is 24.4. The SMILES string of the molecule is CC(SCC(=O)NC(=O)NCc1cccs1)c1ccc(F)cc1. The normalized spacial score (nSPS) is 11.7. The topological polar surface area (TPSA) is 58.2 Å². The number of imide groups is 1. The fourth-order valence-corrected chi connectivity index (χ4v) is 3.29. The van der Waals surface area contributed by atoms with Gasteiger partial charge in [0.15, 0.2) is 0 Å². The number of thiophene rings is 1. The summed E-state index contributed by atoms with van der Waals surface area (Å²) in [5.74, 6) is -0.482. The maximum Gasteiger partial charge on any atom is 0.321 e. The zero-order chi connectivity index (χ0) is 16.7. The van der Waals surface area contributed by atoms with Crippen LogP contribution in [0.25, 0.3) is 0 Å². The first kappa shape index (κ1) is 17.5. The van der Waals surface area contributed by atoms with E-state index >= 15 is 0 Å². The van der Waals surface area contributed by atoms with Gasteiger partial charge in [-0.05, 0) is 36.1 Å². The predicted molar refractivity (Wildman–Crippen MR) is 92.0 cm³/mol. The van der Waals surface area contributed by atoms with Gasteiger partial charge in [0.25, 0.3) is 0 Å². The molecule has 1 aromatic heterocycles. The lowest BCUT2D eigenvalue weighted by molar-refractivity contribution is -0.117. The molecule has 0 aliphatic carbocycles. The molecule has 0 saturated carbocycles. The van der Waals surface area contributed by atoms with Crippen LogP contribution >= 0.6 is 23.1 Å². The van der Waals surface area contributed by atoms with Gasteiger partial charge in [-0.25, -0.2) is 9.18 Å². The number of urea groups is 1. The molecule has 1 aromatic carbocycles. The van der Waals surface area contributed by atoms with Gasteiger partial charge in [0.1, 0.15) is 5.82 Å². The first-order chi connectivity index (χ1) is 11.0. The Morgan fingerprint density at radius 1 is 1.26 bits per heavy atom. The number of halogens is 1. The van der Waals surface area contributed by atoms with Gasteiger partial charge in [-0.1, -0.05) is 18.2 Å². The van der Waals surface area contributed by atoms with Crippen LogP contribution in [0, 0.1) is 5.82 Å². The molecule has 2 N–H and O–H groups in total. The number of carbonyl (C=O) groups excluding carboxylic acids is 2. The van der Waals surface area contributed by atoms with Crippen LogP contribution in [-0.4, -0.2) is 17.7 Å². The molecule has 0 aliphatic heterocycles. The second kappa shape index (κ2) is 8.69. The summed E-state index contributed by atoms with van der Waals surface area (Å²) in [5, 5.41) is 6.88. The second-order valence-electron chi connectivity index (χ2n) is 4.82. The molecule has 0 saturated heterocycles. The maximum atomic E-state index is 12.9. The Morgan fingerprint density at radius 2 is 2.00 bits per heavy atom. The zero-order valence-electron chi connectivity index (χ0n) is 12.5. The minimum Gasteiger partial charge on any atom is -0.333 e. The maximum absolute atomic E-state index is 12.9. The molecule has 1 heterocycles. The molecule has 1 unspecified atom stereocenters. The first-order valence-electron chi connectivity index (χ1n) is 7.01. The molecule has 0 fully saturated rings. The molecule has 0 spiro atoms. The largest absolute Gasteiger partial charge is 0.333 e. The highest BCUT2D eigenvalue weighted by atomic mass is 32.2. The van der Waals surface area contributed by atoms with Crippen molar-refractivity contribution in [1.29, 1.82) is 0 Å². The third-order valence-corrected chi connectivity index (χ3v) is 5.14. The van der Waals surface area contributed by atoms with Gasteiger partial charge < -0.3 is 5.32 Å². The van der Waals surface area contributed by atoms with E-state index in [1.165, 1.54) is 35.2 Å². The fraction of sp³-hybridized carbons (Fsp3) is 0.250. The van der Waals surface area contributed by atoms with Crippen molar-refractivity contribution in [3.05, 3.63) is 58.0 Å². The molecule has 122 valence electrons. The average molecular weight is 352 g/mol.